The minimum absolute atomic E-state index is 0.367. The molecule has 1 aliphatic rings. The van der Waals surface area contributed by atoms with Crippen molar-refractivity contribution in [2.24, 2.45) is 10.1 Å². The van der Waals surface area contributed by atoms with E-state index < -0.39 is 11.2 Å². The summed E-state index contributed by atoms with van der Waals surface area (Å²) in [6, 6.07) is 5.83. The molecule has 4 nitrogen and oxygen atoms in total. The monoisotopic (exact) mass is 253 g/mol. The summed E-state index contributed by atoms with van der Waals surface area (Å²) in [6.45, 7) is 6.11. The number of aryl methyl sites for hydroxylation is 1. The highest BCUT2D eigenvalue weighted by Gasteiger charge is 2.18. The zero-order valence-electron chi connectivity index (χ0n) is 10.5. The largest absolute Gasteiger partial charge is 0.382 e. The van der Waals surface area contributed by atoms with Crippen LogP contribution in [0.2, 0.25) is 0 Å². The Kier molecular flexibility index (Phi) is 5.15. The number of nitrogens with one attached hydrogen (secondary N) is 1. The molecule has 1 aliphatic heterocycles. The van der Waals surface area contributed by atoms with E-state index in [0.29, 0.717) is 5.84 Å². The summed E-state index contributed by atoms with van der Waals surface area (Å²) in [5.74, 6) is 0.367. The maximum atomic E-state index is 11.2. The fourth-order valence-corrected chi connectivity index (χ4v) is 2.39. The van der Waals surface area contributed by atoms with Gasteiger partial charge in [0, 0.05) is 5.56 Å². The number of amidine groups is 1. The third-order valence-corrected chi connectivity index (χ3v) is 3.06. The molecule has 0 bridgehead atoms. The van der Waals surface area contributed by atoms with Gasteiger partial charge in [-0.05, 0) is 18.1 Å². The van der Waals surface area contributed by atoms with Gasteiger partial charge in [-0.2, -0.15) is 4.40 Å². The third-order valence-electron chi connectivity index (χ3n) is 2.30. The van der Waals surface area contributed by atoms with E-state index in [2.05, 4.69) is 16.0 Å². The molecule has 1 aromatic carbocycles. The summed E-state index contributed by atoms with van der Waals surface area (Å²) < 4.78 is 17.9. The van der Waals surface area contributed by atoms with Crippen LogP contribution in [-0.2, 0) is 17.6 Å². The Morgan fingerprint density at radius 2 is 2.12 bits per heavy atom. The Bertz CT molecular complexity index is 443. The topological polar surface area (TPSA) is 67.5 Å². The number of fused-ring (bicyclic) bond motifs is 1. The molecule has 1 atom stereocenters. The highest BCUT2D eigenvalue weighted by Crippen LogP contribution is 2.24. The first-order chi connectivity index (χ1) is 8.22. The van der Waals surface area contributed by atoms with Crippen molar-refractivity contribution in [2.45, 2.75) is 33.6 Å². The maximum absolute atomic E-state index is 11.2. The highest BCUT2D eigenvalue weighted by atomic mass is 32.2. The number of hydrogen-bond acceptors (Lipinski definition) is 2. The van der Waals surface area contributed by atoms with Crippen molar-refractivity contribution < 1.29 is 4.21 Å². The zero-order valence-corrected chi connectivity index (χ0v) is 11.3. The molecule has 2 rings (SSSR count). The van der Waals surface area contributed by atoms with Crippen LogP contribution in [0.5, 0.6) is 0 Å². The lowest BCUT2D eigenvalue weighted by Crippen LogP contribution is -2.24. The summed E-state index contributed by atoms with van der Waals surface area (Å²) in [5.41, 5.74) is 8.65. The molecule has 0 aliphatic carbocycles. The lowest BCUT2D eigenvalue weighted by molar-refractivity contribution is 0.687. The molecule has 0 saturated heterocycles. The second-order valence-corrected chi connectivity index (χ2v) is 4.30. The molecular formula is C12H19N3OS. The van der Waals surface area contributed by atoms with Crippen molar-refractivity contribution in [3.8, 4) is 0 Å². The Morgan fingerprint density at radius 3 is 2.76 bits per heavy atom. The normalized spacial score (nSPS) is 17.1. The van der Waals surface area contributed by atoms with Gasteiger partial charge in [0.25, 0.3) is 0 Å². The lowest BCUT2D eigenvalue weighted by Gasteiger charge is -2.17. The quantitative estimate of drug-likeness (QED) is 0.849. The Hall–Kier alpha value is -1.36. The summed E-state index contributed by atoms with van der Waals surface area (Å²) in [5, 5.41) is 0. The fraction of sp³-hybridized carbons (Fsp3) is 0.417. The number of nitrogens with zero attached hydrogens (tertiary/aromatic N) is 1. The molecule has 1 heterocycles. The highest BCUT2D eigenvalue weighted by molar-refractivity contribution is 7.85. The molecule has 0 amide bonds. The fourth-order valence-electron chi connectivity index (χ4n) is 1.72. The molecule has 3 N–H and O–H groups in total. The van der Waals surface area contributed by atoms with E-state index in [1.807, 2.05) is 32.0 Å². The van der Waals surface area contributed by atoms with Gasteiger partial charge in [0.15, 0.2) is 0 Å². The van der Waals surface area contributed by atoms with Gasteiger partial charge in [-0.25, -0.2) is 4.21 Å². The lowest BCUT2D eigenvalue weighted by atomic mass is 10.0. The van der Waals surface area contributed by atoms with E-state index in [1.165, 1.54) is 0 Å². The average Bonchev–Trinajstić information content (AvgIpc) is 2.31. The van der Waals surface area contributed by atoms with E-state index in [9.17, 15) is 4.21 Å². The summed E-state index contributed by atoms with van der Waals surface area (Å²) in [4.78, 5) is 0. The molecule has 0 saturated carbocycles. The molecule has 1 unspecified atom stereocenters. The zero-order chi connectivity index (χ0) is 12.8. The van der Waals surface area contributed by atoms with Crippen molar-refractivity contribution in [1.82, 2.24) is 0 Å². The minimum atomic E-state index is -1.43. The first-order valence-corrected chi connectivity index (χ1v) is 6.98. The van der Waals surface area contributed by atoms with E-state index in [-0.39, 0.29) is 0 Å². The van der Waals surface area contributed by atoms with Gasteiger partial charge in [-0.3, -0.25) is 4.72 Å². The van der Waals surface area contributed by atoms with Gasteiger partial charge in [-0.15, -0.1) is 0 Å². The van der Waals surface area contributed by atoms with Crippen LogP contribution in [0.25, 0.3) is 0 Å². The van der Waals surface area contributed by atoms with Crippen LogP contribution in [0.4, 0.5) is 5.69 Å². The predicted octanol–water partition coefficient (Wildman–Crippen LogP) is 2.37. The van der Waals surface area contributed by atoms with E-state index >= 15 is 0 Å². The summed E-state index contributed by atoms with van der Waals surface area (Å²) >= 11 is -1.43. The standard InChI is InChI=1S/C10H13N3OS.C2H6/c1-2-4-7-5-3-6-8-9(7)10(11)13-15(14)12-8;1-2/h3,5-6,12H,2,4H2,1H3,(H2,11,13);1-2H3. The molecule has 0 fully saturated rings. The number of hydrogen-bond donors (Lipinski definition) is 2. The van der Waals surface area contributed by atoms with Gasteiger partial charge < -0.3 is 5.73 Å². The van der Waals surface area contributed by atoms with Gasteiger partial charge >= 0.3 is 0 Å². The van der Waals surface area contributed by atoms with Crippen LogP contribution in [0.3, 0.4) is 0 Å². The van der Waals surface area contributed by atoms with Crippen LogP contribution in [0.1, 0.15) is 38.3 Å². The van der Waals surface area contributed by atoms with Crippen LogP contribution in [-0.4, -0.2) is 10.0 Å². The Morgan fingerprint density at radius 1 is 1.41 bits per heavy atom. The van der Waals surface area contributed by atoms with Gasteiger partial charge in [-0.1, -0.05) is 39.3 Å². The van der Waals surface area contributed by atoms with Gasteiger partial charge in [0.05, 0.1) is 5.69 Å². The molecule has 17 heavy (non-hydrogen) atoms. The second kappa shape index (κ2) is 6.39. The SMILES string of the molecule is CC.CCCc1cccc2c1C(N)=NS(=O)N2. The Balaban J connectivity index is 0.000000686. The number of benzene rings is 1. The predicted molar refractivity (Wildman–Crippen MR) is 74.3 cm³/mol. The maximum Gasteiger partial charge on any atom is 0.244 e. The second-order valence-electron chi connectivity index (χ2n) is 3.42. The van der Waals surface area contributed by atoms with Crippen LogP contribution in [0, 0.1) is 0 Å². The van der Waals surface area contributed by atoms with Gasteiger partial charge in [0.2, 0.25) is 11.2 Å². The average molecular weight is 253 g/mol. The molecule has 5 heteroatoms. The van der Waals surface area contributed by atoms with Crippen molar-refractivity contribution in [1.29, 1.82) is 0 Å². The van der Waals surface area contributed by atoms with Crippen molar-refractivity contribution in [3.05, 3.63) is 29.3 Å². The van der Waals surface area contributed by atoms with Crippen molar-refractivity contribution in [3.63, 3.8) is 0 Å². The molecule has 0 radical (unpaired) electrons. The summed E-state index contributed by atoms with van der Waals surface area (Å²) in [6.07, 6.45) is 2.00. The first kappa shape index (κ1) is 13.7. The number of anilines is 1. The number of nitrogens with two attached hydrogens (primary N) is 1. The van der Waals surface area contributed by atoms with Crippen molar-refractivity contribution in [2.75, 3.05) is 4.72 Å². The van der Waals surface area contributed by atoms with Crippen molar-refractivity contribution >= 4 is 22.7 Å². The van der Waals surface area contributed by atoms with Crippen LogP contribution >= 0.6 is 0 Å². The molecule has 0 aromatic heterocycles. The van der Waals surface area contributed by atoms with E-state index in [0.717, 1.165) is 29.7 Å². The van der Waals surface area contributed by atoms with Gasteiger partial charge in [0.1, 0.15) is 5.84 Å². The minimum Gasteiger partial charge on any atom is -0.382 e. The molecule has 0 spiro atoms. The number of rotatable bonds is 2. The first-order valence-electron chi connectivity index (χ1n) is 5.87. The molecular weight excluding hydrogens is 234 g/mol. The molecule has 94 valence electrons. The summed E-state index contributed by atoms with van der Waals surface area (Å²) in [7, 11) is 0. The van der Waals surface area contributed by atoms with E-state index in [1.54, 1.807) is 0 Å². The van der Waals surface area contributed by atoms with Crippen LogP contribution < -0.4 is 10.5 Å². The van der Waals surface area contributed by atoms with E-state index in [4.69, 9.17) is 5.73 Å². The molecule has 1 aromatic rings. The smallest absolute Gasteiger partial charge is 0.244 e. The Labute approximate surface area is 105 Å². The third kappa shape index (κ3) is 3.06. The van der Waals surface area contributed by atoms with Crippen LogP contribution in [0.15, 0.2) is 22.6 Å².